The van der Waals surface area contributed by atoms with Crippen molar-refractivity contribution in [2.75, 3.05) is 6.61 Å². The molecule has 0 bridgehead atoms. The molecule has 1 fully saturated rings. The van der Waals surface area contributed by atoms with Crippen molar-refractivity contribution in [2.24, 2.45) is 0 Å². The van der Waals surface area contributed by atoms with E-state index in [0.29, 0.717) is 5.70 Å². The van der Waals surface area contributed by atoms with E-state index in [1.807, 2.05) is 0 Å². The zero-order valence-electron chi connectivity index (χ0n) is 13.4. The van der Waals surface area contributed by atoms with E-state index in [4.69, 9.17) is 4.74 Å². The molecule has 1 aromatic rings. The Morgan fingerprint density at radius 2 is 2.08 bits per heavy atom. The predicted molar refractivity (Wildman–Crippen MR) is 81.8 cm³/mol. The number of nitrogens with one attached hydrogen (secondary N) is 1. The molecule has 0 spiro atoms. The molecular weight excluding hydrogens is 318 g/mol. The molecular formula is C17H18F2N2O3. The second-order valence-corrected chi connectivity index (χ2v) is 5.87. The van der Waals surface area contributed by atoms with Crippen LogP contribution in [0.5, 0.6) is 0 Å². The monoisotopic (exact) mass is 336 g/mol. The summed E-state index contributed by atoms with van der Waals surface area (Å²) >= 11 is 0. The van der Waals surface area contributed by atoms with Gasteiger partial charge in [0.05, 0.1) is 18.2 Å². The third-order valence-corrected chi connectivity index (χ3v) is 4.21. The Morgan fingerprint density at radius 1 is 1.38 bits per heavy atom. The molecule has 1 aliphatic heterocycles. The van der Waals surface area contributed by atoms with Crippen molar-refractivity contribution in [3.05, 3.63) is 46.7 Å². The summed E-state index contributed by atoms with van der Waals surface area (Å²) in [6.07, 6.45) is 1.72. The van der Waals surface area contributed by atoms with E-state index in [2.05, 4.69) is 5.32 Å². The number of amides is 2. The number of carbonyl (C=O) groups is 2. The van der Waals surface area contributed by atoms with Gasteiger partial charge in [0.15, 0.2) is 0 Å². The molecule has 2 amide bonds. The number of urea groups is 1. The molecule has 1 aliphatic carbocycles. The molecule has 0 radical (unpaired) electrons. The van der Waals surface area contributed by atoms with Crippen LogP contribution < -0.4 is 5.32 Å². The second kappa shape index (κ2) is 6.22. The number of carbonyl (C=O) groups excluding carboxylic acids is 2. The van der Waals surface area contributed by atoms with Gasteiger partial charge in [-0.15, -0.1) is 0 Å². The molecule has 1 atom stereocenters. The Bertz CT molecular complexity index is 729. The lowest BCUT2D eigenvalue weighted by atomic mass is 9.94. The van der Waals surface area contributed by atoms with Crippen molar-refractivity contribution in [3.63, 3.8) is 0 Å². The first-order chi connectivity index (χ1) is 11.4. The molecule has 3 rings (SSSR count). The minimum Gasteiger partial charge on any atom is -0.463 e. The summed E-state index contributed by atoms with van der Waals surface area (Å²) in [6, 6.07) is 1.70. The molecule has 2 aliphatic rings. The summed E-state index contributed by atoms with van der Waals surface area (Å²) < 4.78 is 32.5. The molecule has 0 aromatic heterocycles. The average Bonchev–Trinajstić information content (AvgIpc) is 3.31. The highest BCUT2D eigenvalue weighted by molar-refractivity contribution is 5.95. The average molecular weight is 336 g/mol. The first-order valence-electron chi connectivity index (χ1n) is 7.86. The van der Waals surface area contributed by atoms with E-state index in [1.165, 1.54) is 11.0 Å². The second-order valence-electron chi connectivity index (χ2n) is 5.87. The van der Waals surface area contributed by atoms with Crippen LogP contribution in [0.1, 0.15) is 38.3 Å². The highest BCUT2D eigenvalue weighted by Crippen LogP contribution is 2.38. The van der Waals surface area contributed by atoms with Crippen LogP contribution in [-0.4, -0.2) is 29.5 Å². The number of nitrogens with zero attached hydrogens (tertiary/aromatic N) is 1. The van der Waals surface area contributed by atoms with Gasteiger partial charge in [0.1, 0.15) is 11.6 Å². The number of rotatable bonds is 4. The number of hydrogen-bond donors (Lipinski definition) is 1. The summed E-state index contributed by atoms with van der Waals surface area (Å²) in [4.78, 5) is 26.3. The van der Waals surface area contributed by atoms with Crippen LogP contribution in [-0.2, 0) is 9.53 Å². The van der Waals surface area contributed by atoms with Gasteiger partial charge in [-0.05, 0) is 32.8 Å². The third kappa shape index (κ3) is 2.86. The zero-order chi connectivity index (χ0) is 17.4. The smallest absolute Gasteiger partial charge is 0.338 e. The Kier molecular flexibility index (Phi) is 4.26. The minimum atomic E-state index is -1.01. The summed E-state index contributed by atoms with van der Waals surface area (Å²) in [6.45, 7) is 3.48. The summed E-state index contributed by atoms with van der Waals surface area (Å²) in [5.41, 5.74) is 0.657. The van der Waals surface area contributed by atoms with Crippen LogP contribution in [0.2, 0.25) is 0 Å². The highest BCUT2D eigenvalue weighted by atomic mass is 19.1. The molecule has 128 valence electrons. The normalized spacial score (nSPS) is 20.9. The summed E-state index contributed by atoms with van der Waals surface area (Å²) in [5.74, 6) is -2.17. The van der Waals surface area contributed by atoms with Crippen molar-refractivity contribution < 1.29 is 23.1 Å². The maximum atomic E-state index is 14.2. The first kappa shape index (κ1) is 16.4. The van der Waals surface area contributed by atoms with Crippen LogP contribution in [0.4, 0.5) is 13.6 Å². The van der Waals surface area contributed by atoms with E-state index in [9.17, 15) is 18.4 Å². The Hall–Kier alpha value is -2.44. The van der Waals surface area contributed by atoms with Crippen LogP contribution in [0.3, 0.4) is 0 Å². The van der Waals surface area contributed by atoms with Crippen LogP contribution in [0, 0.1) is 11.6 Å². The van der Waals surface area contributed by atoms with Gasteiger partial charge in [-0.1, -0.05) is 6.07 Å². The van der Waals surface area contributed by atoms with E-state index in [-0.39, 0.29) is 23.8 Å². The fraction of sp³-hybridized carbons (Fsp3) is 0.412. The van der Waals surface area contributed by atoms with Gasteiger partial charge in [0, 0.05) is 23.4 Å². The minimum absolute atomic E-state index is 0.0302. The topological polar surface area (TPSA) is 58.6 Å². The van der Waals surface area contributed by atoms with E-state index in [1.54, 1.807) is 13.8 Å². The maximum Gasteiger partial charge on any atom is 0.338 e. The third-order valence-electron chi connectivity index (χ3n) is 4.21. The Labute approximate surface area is 138 Å². The number of hydrogen-bond acceptors (Lipinski definition) is 3. The Morgan fingerprint density at radius 3 is 2.67 bits per heavy atom. The van der Waals surface area contributed by atoms with Gasteiger partial charge in [0.25, 0.3) is 0 Å². The molecule has 7 heteroatoms. The lowest BCUT2D eigenvalue weighted by Gasteiger charge is -2.35. The number of allylic oxidation sites excluding steroid dienone is 1. The quantitative estimate of drug-likeness (QED) is 0.860. The van der Waals surface area contributed by atoms with Gasteiger partial charge in [-0.3, -0.25) is 4.90 Å². The van der Waals surface area contributed by atoms with Crippen LogP contribution in [0.15, 0.2) is 29.5 Å². The van der Waals surface area contributed by atoms with E-state index < -0.39 is 29.7 Å². The summed E-state index contributed by atoms with van der Waals surface area (Å²) in [5, 5.41) is 2.65. The van der Waals surface area contributed by atoms with Gasteiger partial charge in [-0.2, -0.15) is 0 Å². The highest BCUT2D eigenvalue weighted by Gasteiger charge is 2.43. The number of ether oxygens (including phenoxy) is 1. The van der Waals surface area contributed by atoms with Crippen molar-refractivity contribution in [1.82, 2.24) is 10.2 Å². The fourth-order valence-corrected chi connectivity index (χ4v) is 2.97. The van der Waals surface area contributed by atoms with Crippen LogP contribution >= 0.6 is 0 Å². The van der Waals surface area contributed by atoms with Gasteiger partial charge in [0.2, 0.25) is 0 Å². The number of benzene rings is 1. The number of esters is 1. The largest absolute Gasteiger partial charge is 0.463 e. The lowest BCUT2D eigenvalue weighted by Crippen LogP contribution is -2.49. The SMILES string of the molecule is CCOC(=O)C1=C(C)N(C2CC2)C(=O)N[C@H]1c1ccc(F)cc1F. The van der Waals surface area contributed by atoms with E-state index >= 15 is 0 Å². The molecule has 1 heterocycles. The summed E-state index contributed by atoms with van der Waals surface area (Å²) in [7, 11) is 0. The molecule has 1 aromatic carbocycles. The molecule has 24 heavy (non-hydrogen) atoms. The standard InChI is InChI=1S/C17H18F2N2O3/c1-3-24-16(22)14-9(2)21(11-5-6-11)17(23)20-15(14)12-7-4-10(18)8-13(12)19/h4,7-8,11,15H,3,5-6H2,1-2H3,(H,20,23)/t15-/m0/s1. The molecule has 1 saturated carbocycles. The molecule has 0 unspecified atom stereocenters. The van der Waals surface area contributed by atoms with Gasteiger partial charge in [-0.25, -0.2) is 18.4 Å². The Balaban J connectivity index is 2.09. The fourth-order valence-electron chi connectivity index (χ4n) is 2.97. The predicted octanol–water partition coefficient (Wildman–Crippen LogP) is 3.03. The molecule has 0 saturated heterocycles. The van der Waals surface area contributed by atoms with Crippen molar-refractivity contribution >= 4 is 12.0 Å². The van der Waals surface area contributed by atoms with Crippen molar-refractivity contribution in [3.8, 4) is 0 Å². The lowest BCUT2D eigenvalue weighted by molar-refractivity contribution is -0.139. The van der Waals surface area contributed by atoms with Crippen molar-refractivity contribution in [2.45, 2.75) is 38.8 Å². The van der Waals surface area contributed by atoms with Gasteiger partial charge < -0.3 is 10.1 Å². The van der Waals surface area contributed by atoms with Gasteiger partial charge >= 0.3 is 12.0 Å². The van der Waals surface area contributed by atoms with Crippen molar-refractivity contribution in [1.29, 1.82) is 0 Å². The number of halogens is 2. The maximum absolute atomic E-state index is 14.2. The molecule has 5 nitrogen and oxygen atoms in total. The van der Waals surface area contributed by atoms with Crippen LogP contribution in [0.25, 0.3) is 0 Å². The molecule has 1 N–H and O–H groups in total. The first-order valence-corrected chi connectivity index (χ1v) is 7.86. The zero-order valence-corrected chi connectivity index (χ0v) is 13.4. The van der Waals surface area contributed by atoms with E-state index in [0.717, 1.165) is 25.0 Å².